The van der Waals surface area contributed by atoms with Crippen LogP contribution in [0.5, 0.6) is 0 Å². The molecule has 0 saturated heterocycles. The molecule has 0 aliphatic carbocycles. The number of carbonyl (C=O) groups is 1. The Kier molecular flexibility index (Phi) is 6.59. The first kappa shape index (κ1) is 24.8. The minimum absolute atomic E-state index is 0.159. The van der Waals surface area contributed by atoms with E-state index < -0.39 is 17.6 Å². The molecule has 1 N–H and O–H groups in total. The van der Waals surface area contributed by atoms with Gasteiger partial charge in [0.05, 0.1) is 28.2 Å². The van der Waals surface area contributed by atoms with Gasteiger partial charge in [-0.25, -0.2) is 9.97 Å². The van der Waals surface area contributed by atoms with Crippen molar-refractivity contribution in [1.82, 2.24) is 29.4 Å². The average Bonchev–Trinajstić information content (AvgIpc) is 3.43. The van der Waals surface area contributed by atoms with Crippen molar-refractivity contribution in [3.05, 3.63) is 77.4 Å². The molecule has 0 aliphatic heterocycles. The maximum absolute atomic E-state index is 13.3. The monoisotopic (exact) mass is 525 g/mol. The zero-order valence-electron chi connectivity index (χ0n) is 20.0. The summed E-state index contributed by atoms with van der Waals surface area (Å²) in [6.45, 7) is 4.53. The lowest BCUT2D eigenvalue weighted by molar-refractivity contribution is -0.137. The van der Waals surface area contributed by atoms with Crippen LogP contribution in [0.3, 0.4) is 0 Å². The number of halogens is 3. The van der Waals surface area contributed by atoms with Gasteiger partial charge in [-0.05, 0) is 44.2 Å². The Balaban J connectivity index is 1.39. The molecule has 8 nitrogen and oxygen atoms in total. The zero-order chi connectivity index (χ0) is 26.2. The van der Waals surface area contributed by atoms with Crippen LogP contribution in [0.15, 0.2) is 59.8 Å². The Morgan fingerprint density at radius 3 is 2.54 bits per heavy atom. The molecular weight excluding hydrogens is 503 g/mol. The van der Waals surface area contributed by atoms with Crippen LogP contribution in [-0.4, -0.2) is 41.0 Å². The van der Waals surface area contributed by atoms with E-state index in [1.807, 2.05) is 48.9 Å². The topological polar surface area (TPSA) is 90.0 Å². The minimum Gasteiger partial charge on any atom is -0.325 e. The van der Waals surface area contributed by atoms with Gasteiger partial charge in [-0.2, -0.15) is 22.8 Å². The Morgan fingerprint density at radius 1 is 1.03 bits per heavy atom. The second-order valence-corrected chi connectivity index (χ2v) is 9.40. The molecule has 3 aromatic heterocycles. The fourth-order valence-electron chi connectivity index (χ4n) is 4.04. The van der Waals surface area contributed by atoms with E-state index in [4.69, 9.17) is 4.98 Å². The number of alkyl halides is 3. The second kappa shape index (κ2) is 9.85. The van der Waals surface area contributed by atoms with Crippen molar-refractivity contribution in [2.24, 2.45) is 0 Å². The normalized spacial score (nSPS) is 11.9. The van der Waals surface area contributed by atoms with Gasteiger partial charge in [0.1, 0.15) is 0 Å². The number of thioether (sulfide) groups is 1. The van der Waals surface area contributed by atoms with Crippen molar-refractivity contribution < 1.29 is 18.0 Å². The summed E-state index contributed by atoms with van der Waals surface area (Å²) in [6.07, 6.45) is -4.04. The number of carbonyl (C=O) groups excluding carboxylic acids is 1. The van der Waals surface area contributed by atoms with E-state index in [1.54, 1.807) is 4.52 Å². The molecule has 37 heavy (non-hydrogen) atoms. The second-order valence-electron chi connectivity index (χ2n) is 8.46. The van der Waals surface area contributed by atoms with Gasteiger partial charge in [0.25, 0.3) is 0 Å². The van der Waals surface area contributed by atoms with E-state index in [0.29, 0.717) is 35.1 Å². The highest BCUT2D eigenvalue weighted by Gasteiger charge is 2.33. The number of para-hydroxylation sites is 2. The summed E-state index contributed by atoms with van der Waals surface area (Å²) in [4.78, 5) is 21.9. The quantitative estimate of drug-likeness (QED) is 0.235. The van der Waals surface area contributed by atoms with Crippen LogP contribution in [0.4, 0.5) is 18.9 Å². The van der Waals surface area contributed by atoms with Crippen molar-refractivity contribution in [1.29, 1.82) is 0 Å². The standard InChI is InChI=1S/C25H22F3N7OS/c1-15-13-16(2)34(32-15)12-11-21-31-23-17-7-3-5-9-19(17)30-24(35(23)33-21)37-14-22(36)29-20-10-6-4-8-18(20)25(26,27)28/h3-10,13H,11-12,14H2,1-2H3,(H,29,36). The van der Waals surface area contributed by atoms with Gasteiger partial charge < -0.3 is 5.32 Å². The molecule has 0 unspecified atom stereocenters. The van der Waals surface area contributed by atoms with Crippen LogP contribution in [0, 0.1) is 13.8 Å². The number of rotatable bonds is 7. The Morgan fingerprint density at radius 2 is 1.78 bits per heavy atom. The van der Waals surface area contributed by atoms with Gasteiger partial charge in [-0.3, -0.25) is 9.48 Å². The number of aromatic nitrogens is 6. The highest BCUT2D eigenvalue weighted by atomic mass is 32.2. The molecule has 5 rings (SSSR count). The molecule has 0 spiro atoms. The van der Waals surface area contributed by atoms with Gasteiger partial charge in [-0.15, -0.1) is 5.10 Å². The van der Waals surface area contributed by atoms with Crippen molar-refractivity contribution >= 4 is 39.9 Å². The van der Waals surface area contributed by atoms with E-state index in [-0.39, 0.29) is 11.4 Å². The number of nitrogens with one attached hydrogen (secondary N) is 1. The molecule has 190 valence electrons. The average molecular weight is 526 g/mol. The first-order valence-electron chi connectivity index (χ1n) is 11.4. The summed E-state index contributed by atoms with van der Waals surface area (Å²) < 4.78 is 43.3. The number of benzene rings is 2. The van der Waals surface area contributed by atoms with E-state index in [2.05, 4.69) is 20.5 Å². The first-order valence-corrected chi connectivity index (χ1v) is 12.4. The van der Waals surface area contributed by atoms with Crippen LogP contribution in [0.2, 0.25) is 0 Å². The fraction of sp³-hybridized carbons (Fsp3) is 0.240. The summed E-state index contributed by atoms with van der Waals surface area (Å²) in [5, 5.41) is 12.7. The van der Waals surface area contributed by atoms with Crippen molar-refractivity contribution in [2.45, 2.75) is 38.1 Å². The molecule has 0 aliphatic rings. The number of hydrogen-bond acceptors (Lipinski definition) is 6. The largest absolute Gasteiger partial charge is 0.418 e. The first-order chi connectivity index (χ1) is 17.7. The Hall–Kier alpha value is -3.93. The smallest absolute Gasteiger partial charge is 0.325 e. The van der Waals surface area contributed by atoms with Crippen molar-refractivity contribution in [3.8, 4) is 0 Å². The lowest BCUT2D eigenvalue weighted by Crippen LogP contribution is -2.18. The Labute approximate surface area is 213 Å². The van der Waals surface area contributed by atoms with E-state index in [0.717, 1.165) is 34.6 Å². The van der Waals surface area contributed by atoms with Crippen LogP contribution >= 0.6 is 11.8 Å². The Bertz CT molecular complexity index is 1610. The molecule has 0 radical (unpaired) electrons. The maximum atomic E-state index is 13.3. The van der Waals surface area contributed by atoms with Gasteiger partial charge in [0, 0.05) is 24.0 Å². The molecule has 2 aromatic carbocycles. The minimum atomic E-state index is -4.58. The van der Waals surface area contributed by atoms with Crippen LogP contribution < -0.4 is 5.32 Å². The SMILES string of the molecule is Cc1cc(C)n(CCc2nc3c4ccccc4nc(SCC(=O)Nc4ccccc4C(F)(F)F)n3n2)n1. The maximum Gasteiger partial charge on any atom is 0.418 e. The molecule has 5 aromatic rings. The number of nitrogens with zero attached hydrogens (tertiary/aromatic N) is 6. The molecule has 0 bridgehead atoms. The number of anilines is 1. The highest BCUT2D eigenvalue weighted by molar-refractivity contribution is 7.99. The molecule has 0 atom stereocenters. The number of aryl methyl sites for hydroxylation is 4. The summed E-state index contributed by atoms with van der Waals surface area (Å²) in [7, 11) is 0. The number of amides is 1. The summed E-state index contributed by atoms with van der Waals surface area (Å²) >= 11 is 1.08. The summed E-state index contributed by atoms with van der Waals surface area (Å²) in [6, 6.07) is 14.3. The van der Waals surface area contributed by atoms with E-state index in [9.17, 15) is 18.0 Å². The van der Waals surface area contributed by atoms with Gasteiger partial charge >= 0.3 is 6.18 Å². The third-order valence-corrected chi connectivity index (χ3v) is 6.61. The predicted molar refractivity (Wildman–Crippen MR) is 134 cm³/mol. The van der Waals surface area contributed by atoms with Crippen LogP contribution in [0.25, 0.3) is 16.6 Å². The molecule has 12 heteroatoms. The highest BCUT2D eigenvalue weighted by Crippen LogP contribution is 2.34. The molecule has 0 fully saturated rings. The summed E-state index contributed by atoms with van der Waals surface area (Å²) in [5.74, 6) is -0.154. The molecule has 0 saturated carbocycles. The van der Waals surface area contributed by atoms with Crippen LogP contribution in [0.1, 0.15) is 22.8 Å². The summed E-state index contributed by atoms with van der Waals surface area (Å²) in [5.41, 5.74) is 2.07. The number of fused-ring (bicyclic) bond motifs is 3. The van der Waals surface area contributed by atoms with Gasteiger partial charge in [-0.1, -0.05) is 36.0 Å². The lowest BCUT2D eigenvalue weighted by Gasteiger charge is -2.13. The van der Waals surface area contributed by atoms with E-state index >= 15 is 0 Å². The predicted octanol–water partition coefficient (Wildman–Crippen LogP) is 5.08. The number of hydrogen-bond donors (Lipinski definition) is 1. The fourth-order valence-corrected chi connectivity index (χ4v) is 4.78. The molecular formula is C25H22F3N7OS. The van der Waals surface area contributed by atoms with Crippen molar-refractivity contribution in [3.63, 3.8) is 0 Å². The zero-order valence-corrected chi connectivity index (χ0v) is 20.8. The molecule has 3 heterocycles. The van der Waals surface area contributed by atoms with Gasteiger partial charge in [0.2, 0.25) is 5.91 Å². The van der Waals surface area contributed by atoms with Gasteiger partial charge in [0.15, 0.2) is 16.6 Å². The van der Waals surface area contributed by atoms with Crippen LogP contribution in [-0.2, 0) is 23.9 Å². The third-order valence-electron chi connectivity index (χ3n) is 5.68. The molecule has 1 amide bonds. The van der Waals surface area contributed by atoms with Crippen molar-refractivity contribution in [2.75, 3.05) is 11.1 Å². The third kappa shape index (κ3) is 5.29. The van der Waals surface area contributed by atoms with E-state index in [1.165, 1.54) is 18.2 Å². The lowest BCUT2D eigenvalue weighted by atomic mass is 10.1.